The molecule has 1 heterocycles. The molecule has 0 aliphatic carbocycles. The number of hydrogen-bond donors (Lipinski definition) is 0. The van der Waals surface area contributed by atoms with Crippen LogP contribution in [0.25, 0.3) is 32.7 Å². The van der Waals surface area contributed by atoms with E-state index in [1.165, 1.54) is 0 Å². The van der Waals surface area contributed by atoms with E-state index in [2.05, 4.69) is 57.1 Å². The maximum absolute atomic E-state index is 6.43. The van der Waals surface area contributed by atoms with Crippen LogP contribution in [0.2, 0.25) is 0 Å². The van der Waals surface area contributed by atoms with Crippen molar-refractivity contribution in [2.24, 2.45) is 4.76 Å². The number of nitrogens with zero attached hydrogens (tertiary/aromatic N) is 1. The van der Waals surface area contributed by atoms with Gasteiger partial charge in [-0.25, -0.2) is 0 Å². The highest BCUT2D eigenvalue weighted by Gasteiger charge is 2.37. The Labute approximate surface area is 205 Å². The fraction of sp³-hybridized carbons (Fsp3) is 0. The highest BCUT2D eigenvalue weighted by molar-refractivity contribution is 9.10. The minimum absolute atomic E-state index is 0.695. The standard InChI is InChI=1S/C27H17BrNO2PS/c28-21-13-9-18(10-14-21)17-29-32(33)30-24-15-11-19-5-1-3-7-22(19)26(24)27-23-8-4-2-6-20(23)12-16-25(27)31-32/h1-17H/b29-17+. The van der Waals surface area contributed by atoms with Crippen LogP contribution in [0.5, 0.6) is 11.5 Å². The third-order valence-electron chi connectivity index (χ3n) is 5.68. The van der Waals surface area contributed by atoms with Gasteiger partial charge < -0.3 is 21.3 Å². The lowest BCUT2D eigenvalue weighted by atomic mass is 9.92. The molecule has 3 nitrogen and oxygen atoms in total. The van der Waals surface area contributed by atoms with E-state index in [-0.39, 0.29) is 0 Å². The maximum Gasteiger partial charge on any atom is 0.367 e. The van der Waals surface area contributed by atoms with Gasteiger partial charge in [0.05, 0.1) is 6.21 Å². The molecule has 5 aromatic carbocycles. The van der Waals surface area contributed by atoms with E-state index in [4.69, 9.17) is 21.3 Å². The fourth-order valence-corrected chi connectivity index (χ4v) is 6.27. The number of fused-ring (bicyclic) bond motifs is 7. The zero-order valence-corrected chi connectivity index (χ0v) is 20.6. The van der Waals surface area contributed by atoms with Crippen molar-refractivity contribution < 1.29 is 9.05 Å². The summed E-state index contributed by atoms with van der Waals surface area (Å²) >= 11 is 9.38. The molecule has 33 heavy (non-hydrogen) atoms. The minimum atomic E-state index is -3.06. The van der Waals surface area contributed by atoms with E-state index in [1.54, 1.807) is 6.21 Å². The van der Waals surface area contributed by atoms with Crippen LogP contribution in [-0.2, 0) is 12.2 Å². The van der Waals surface area contributed by atoms with Crippen molar-refractivity contribution in [3.63, 3.8) is 0 Å². The Kier molecular flexibility index (Phi) is 5.14. The van der Waals surface area contributed by atoms with E-state index in [0.29, 0.717) is 11.5 Å². The molecule has 0 atom stereocenters. The molecule has 6 heteroatoms. The molecule has 0 spiro atoms. The minimum Gasteiger partial charge on any atom is -0.444 e. The lowest BCUT2D eigenvalue weighted by Gasteiger charge is -2.22. The second kappa shape index (κ2) is 8.18. The van der Waals surface area contributed by atoms with Crippen LogP contribution in [-0.4, -0.2) is 6.21 Å². The second-order valence-electron chi connectivity index (χ2n) is 7.77. The van der Waals surface area contributed by atoms with Crippen molar-refractivity contribution >= 4 is 63.0 Å². The maximum atomic E-state index is 6.43. The molecule has 0 saturated carbocycles. The largest absolute Gasteiger partial charge is 0.444 e. The lowest BCUT2D eigenvalue weighted by molar-refractivity contribution is 0.494. The van der Waals surface area contributed by atoms with Gasteiger partial charge in [-0.05, 0) is 51.4 Å². The molecule has 0 unspecified atom stereocenters. The van der Waals surface area contributed by atoms with Crippen LogP contribution >= 0.6 is 23.0 Å². The van der Waals surface area contributed by atoms with Gasteiger partial charge >= 0.3 is 7.07 Å². The second-order valence-corrected chi connectivity index (χ2v) is 11.6. The monoisotopic (exact) mass is 529 g/mol. The van der Waals surface area contributed by atoms with Crippen LogP contribution in [0, 0.1) is 0 Å². The molecule has 0 saturated heterocycles. The van der Waals surface area contributed by atoms with Crippen LogP contribution < -0.4 is 9.05 Å². The third-order valence-corrected chi connectivity index (χ3v) is 8.19. The quantitative estimate of drug-likeness (QED) is 0.130. The van der Waals surface area contributed by atoms with E-state index in [0.717, 1.165) is 42.7 Å². The lowest BCUT2D eigenvalue weighted by Crippen LogP contribution is -2.03. The molecular weight excluding hydrogens is 513 g/mol. The Morgan fingerprint density at radius 3 is 1.73 bits per heavy atom. The summed E-state index contributed by atoms with van der Waals surface area (Å²) in [6.07, 6.45) is 1.74. The summed E-state index contributed by atoms with van der Waals surface area (Å²) in [4.78, 5) is 0. The number of benzene rings is 5. The predicted octanol–water partition coefficient (Wildman–Crippen LogP) is 8.54. The van der Waals surface area contributed by atoms with Gasteiger partial charge in [0.2, 0.25) is 0 Å². The topological polar surface area (TPSA) is 30.8 Å². The zero-order chi connectivity index (χ0) is 22.4. The first-order valence-corrected chi connectivity index (χ1v) is 13.8. The Bertz CT molecular complexity index is 1460. The summed E-state index contributed by atoms with van der Waals surface area (Å²) in [6, 6.07) is 32.6. The molecule has 5 aromatic rings. The molecule has 0 amide bonds. The highest BCUT2D eigenvalue weighted by Crippen LogP contribution is 2.65. The summed E-state index contributed by atoms with van der Waals surface area (Å²) in [5.41, 5.74) is 2.91. The van der Waals surface area contributed by atoms with Crippen molar-refractivity contribution in [3.8, 4) is 22.6 Å². The molecule has 0 N–H and O–H groups in total. The highest BCUT2D eigenvalue weighted by atomic mass is 79.9. The molecule has 0 fully saturated rings. The number of rotatable bonds is 2. The van der Waals surface area contributed by atoms with Gasteiger partial charge in [0.1, 0.15) is 0 Å². The van der Waals surface area contributed by atoms with E-state index < -0.39 is 7.07 Å². The van der Waals surface area contributed by atoms with Gasteiger partial charge in [-0.3, -0.25) is 0 Å². The first-order chi connectivity index (χ1) is 16.1. The van der Waals surface area contributed by atoms with Crippen molar-refractivity contribution in [1.82, 2.24) is 0 Å². The first kappa shape index (κ1) is 20.7. The smallest absolute Gasteiger partial charge is 0.367 e. The summed E-state index contributed by atoms with van der Waals surface area (Å²) in [5.74, 6) is 1.39. The van der Waals surface area contributed by atoms with Crippen LogP contribution in [0.4, 0.5) is 0 Å². The van der Waals surface area contributed by atoms with Gasteiger partial charge in [-0.1, -0.05) is 93.5 Å². The Balaban J connectivity index is 1.59. The van der Waals surface area contributed by atoms with Gasteiger partial charge in [-0.2, -0.15) is 0 Å². The Morgan fingerprint density at radius 1 is 0.667 bits per heavy atom. The average Bonchev–Trinajstić information content (AvgIpc) is 2.97. The first-order valence-electron chi connectivity index (χ1n) is 10.4. The van der Waals surface area contributed by atoms with E-state index in [9.17, 15) is 0 Å². The Morgan fingerprint density at radius 2 is 1.18 bits per heavy atom. The number of halogens is 1. The molecule has 6 rings (SSSR count). The van der Waals surface area contributed by atoms with Gasteiger partial charge in [0.15, 0.2) is 11.5 Å². The Hall–Kier alpha value is -2.85. The SMILES string of the molecule is [S-][P+]1(/N=C/c2ccc(Br)cc2)Oc2ccc3ccccc3c2-c2c(ccc3ccccc23)O1. The summed E-state index contributed by atoms with van der Waals surface area (Å²) < 4.78 is 18.5. The molecule has 0 bridgehead atoms. The van der Waals surface area contributed by atoms with Crippen LogP contribution in [0.15, 0.2) is 106 Å². The molecule has 0 radical (unpaired) electrons. The normalized spacial score (nSPS) is 14.4. The summed E-state index contributed by atoms with van der Waals surface area (Å²) in [7, 11) is -3.06. The fourth-order valence-electron chi connectivity index (χ4n) is 4.17. The molecular formula is C27H17BrNO2PS. The van der Waals surface area contributed by atoms with Gasteiger partial charge in [-0.15, -0.1) is 0 Å². The molecule has 1 aliphatic rings. The summed E-state index contributed by atoms with van der Waals surface area (Å²) in [6.45, 7) is 0. The zero-order valence-electron chi connectivity index (χ0n) is 17.3. The van der Waals surface area contributed by atoms with Crippen LogP contribution in [0.3, 0.4) is 0 Å². The van der Waals surface area contributed by atoms with Crippen LogP contribution in [0.1, 0.15) is 5.56 Å². The third kappa shape index (κ3) is 3.80. The molecule has 0 aromatic heterocycles. The number of hydrogen-bond acceptors (Lipinski definition) is 4. The van der Waals surface area contributed by atoms with Gasteiger partial charge in [0.25, 0.3) is 0 Å². The van der Waals surface area contributed by atoms with Crippen molar-refractivity contribution in [2.75, 3.05) is 0 Å². The molecule has 1 aliphatic heterocycles. The molecule has 160 valence electrons. The van der Waals surface area contributed by atoms with Crippen molar-refractivity contribution in [3.05, 3.63) is 107 Å². The predicted molar refractivity (Wildman–Crippen MR) is 144 cm³/mol. The average molecular weight is 530 g/mol. The van der Waals surface area contributed by atoms with E-state index >= 15 is 0 Å². The summed E-state index contributed by atoms with van der Waals surface area (Å²) in [5, 5.41) is 4.45. The van der Waals surface area contributed by atoms with E-state index in [1.807, 2.05) is 60.7 Å². The van der Waals surface area contributed by atoms with Crippen molar-refractivity contribution in [2.45, 2.75) is 0 Å². The van der Waals surface area contributed by atoms with Gasteiger partial charge in [0, 0.05) is 15.6 Å². The van der Waals surface area contributed by atoms with Crippen molar-refractivity contribution in [1.29, 1.82) is 0 Å².